The van der Waals surface area contributed by atoms with Crippen LogP contribution >= 0.6 is 0 Å². The van der Waals surface area contributed by atoms with Crippen molar-refractivity contribution < 1.29 is 26.6 Å². The molecule has 36 heavy (non-hydrogen) atoms. The molecule has 7 rings (SSSR count). The predicted molar refractivity (Wildman–Crippen MR) is 137 cm³/mol. The van der Waals surface area contributed by atoms with Crippen LogP contribution in [0.5, 0.6) is 0 Å². The largest absolute Gasteiger partial charge is 2.00 e. The fourth-order valence-electron chi connectivity index (χ4n) is 5.86. The third kappa shape index (κ3) is 4.10. The zero-order chi connectivity index (χ0) is 23.7. The second-order valence-corrected chi connectivity index (χ2v) is 9.20. The van der Waals surface area contributed by atoms with Crippen molar-refractivity contribution in [2.24, 2.45) is 5.92 Å². The summed E-state index contributed by atoms with van der Waals surface area (Å²) in [5.41, 5.74) is 3.01. The summed E-state index contributed by atoms with van der Waals surface area (Å²) in [6, 6.07) is 29.0. The number of hydrogen-bond acceptors (Lipinski definition) is 2. The Hall–Kier alpha value is -2.19. The summed E-state index contributed by atoms with van der Waals surface area (Å²) in [5, 5.41) is 0. The van der Waals surface area contributed by atoms with E-state index in [-0.39, 0.29) is 28.8 Å². The molecule has 3 aromatic carbocycles. The zero-order valence-corrected chi connectivity index (χ0v) is 20.8. The van der Waals surface area contributed by atoms with Crippen LogP contribution < -0.4 is 0 Å². The van der Waals surface area contributed by atoms with Gasteiger partial charge in [0.15, 0.2) is 0 Å². The minimum atomic E-state index is -0.790. The van der Waals surface area contributed by atoms with E-state index in [1.165, 1.54) is 5.56 Å². The van der Waals surface area contributed by atoms with E-state index < -0.39 is 11.2 Å². The van der Waals surface area contributed by atoms with E-state index in [4.69, 9.17) is 4.74 Å². The molecule has 0 aromatic heterocycles. The van der Waals surface area contributed by atoms with Crippen molar-refractivity contribution in [1.82, 2.24) is 0 Å². The molecule has 3 heteroatoms. The molecule has 3 aromatic rings. The van der Waals surface area contributed by atoms with Gasteiger partial charge >= 0.3 is 17.1 Å². The molecule has 0 N–H and O–H groups in total. The Morgan fingerprint density at radius 3 is 1.72 bits per heavy atom. The molecule has 2 aliphatic heterocycles. The molecule has 0 spiro atoms. The van der Waals surface area contributed by atoms with Gasteiger partial charge in [0, 0.05) is 5.92 Å². The normalized spacial score (nSPS) is 28.2. The first-order chi connectivity index (χ1) is 17.3. The van der Waals surface area contributed by atoms with Crippen LogP contribution in [0.3, 0.4) is 0 Å². The van der Waals surface area contributed by atoms with Gasteiger partial charge in [0.1, 0.15) is 17.0 Å². The molecule has 2 saturated carbocycles. The third-order valence-electron chi connectivity index (χ3n) is 7.34. The fraction of sp³-hybridized carbons (Fsp3) is 0.121. The summed E-state index contributed by atoms with van der Waals surface area (Å²) >= 11 is 0. The van der Waals surface area contributed by atoms with Crippen LogP contribution in [0.25, 0.3) is 0 Å². The Balaban J connectivity index is 0.000000400. The Morgan fingerprint density at radius 1 is 0.639 bits per heavy atom. The van der Waals surface area contributed by atoms with Crippen LogP contribution in [0.15, 0.2) is 84.9 Å². The molecule has 0 unspecified atom stereocenters. The maximum Gasteiger partial charge on any atom is 2.00 e. The van der Waals surface area contributed by atoms with Crippen molar-refractivity contribution in [3.8, 4) is 0 Å². The van der Waals surface area contributed by atoms with Crippen LogP contribution in [0.1, 0.15) is 28.7 Å². The van der Waals surface area contributed by atoms with E-state index in [9.17, 15) is 4.79 Å². The van der Waals surface area contributed by atoms with Crippen molar-refractivity contribution in [3.63, 3.8) is 0 Å². The number of hydrogen-bond donors (Lipinski definition) is 0. The van der Waals surface area contributed by atoms with Crippen molar-refractivity contribution >= 4 is 5.78 Å². The van der Waals surface area contributed by atoms with E-state index in [2.05, 4.69) is 48.5 Å². The van der Waals surface area contributed by atoms with Crippen LogP contribution in [0.2, 0.25) is 0 Å². The molecule has 176 valence electrons. The first kappa shape index (κ1) is 25.5. The SMILES string of the molecule is O=C([C]1[CH][CH][CH][CH]1)[C@@H]1C[C@]2(c3ccccc3)O[C@@]1(c1ccccc1)c1ccccc12.[CH]1[CH][CH][CH][CH]1.[Fe+2]. The number of fused-ring (bicyclic) bond motifs is 5. The Labute approximate surface area is 226 Å². The van der Waals surface area contributed by atoms with E-state index in [0.717, 1.165) is 22.6 Å². The van der Waals surface area contributed by atoms with Crippen LogP contribution in [0.4, 0.5) is 0 Å². The van der Waals surface area contributed by atoms with Gasteiger partial charge in [-0.15, -0.1) is 0 Å². The molecule has 2 heterocycles. The van der Waals surface area contributed by atoms with Gasteiger partial charge in [0.2, 0.25) is 0 Å². The molecule has 1 saturated heterocycles. The summed E-state index contributed by atoms with van der Waals surface area (Å²) in [6.07, 6.45) is 18.3. The van der Waals surface area contributed by atoms with Crippen LogP contribution in [0, 0.1) is 69.6 Å². The second kappa shape index (κ2) is 10.7. The van der Waals surface area contributed by atoms with Gasteiger partial charge in [-0.1, -0.05) is 84.9 Å². The van der Waals surface area contributed by atoms with Crippen LogP contribution in [-0.4, -0.2) is 5.78 Å². The molecule has 2 aliphatic carbocycles. The minimum absolute atomic E-state index is 0. The van der Waals surface area contributed by atoms with Gasteiger partial charge in [0.25, 0.3) is 0 Å². The van der Waals surface area contributed by atoms with E-state index in [1.807, 2.05) is 94.2 Å². The average molecular weight is 510 g/mol. The topological polar surface area (TPSA) is 26.3 Å². The number of benzene rings is 3. The summed E-state index contributed by atoms with van der Waals surface area (Å²) in [7, 11) is 0. The van der Waals surface area contributed by atoms with E-state index in [1.54, 1.807) is 0 Å². The molecule has 0 amide bonds. The number of ketones is 1. The molecule has 2 nitrogen and oxygen atoms in total. The number of Topliss-reactive ketones (excluding diaryl/α,β-unsaturated/α-hetero) is 1. The molecular weight excluding hydrogens is 484 g/mol. The Morgan fingerprint density at radius 2 is 1.14 bits per heavy atom. The summed E-state index contributed by atoms with van der Waals surface area (Å²) in [6.45, 7) is 0. The van der Waals surface area contributed by atoms with Gasteiger partial charge in [-0.2, -0.15) is 0 Å². The average Bonchev–Trinajstić information content (AvgIpc) is 3.75. The standard InChI is InChI=1S/C28H21O2.C5H5.Fe/c29-26(20-11-7-8-12-20)25-19-27(21-13-3-1-4-14-21)23-17-9-10-18-24(23)28(25,30-27)22-15-5-2-6-16-22;1-2-4-5-3-1;/h1-18,25H,19H2;1-5H;/q;;+2/t25-,27+,28-;;/m0../s1. The molecule has 10 radical (unpaired) electrons. The van der Waals surface area contributed by atoms with Crippen molar-refractivity contribution in [2.75, 3.05) is 0 Å². The second-order valence-electron chi connectivity index (χ2n) is 9.20. The number of ether oxygens (including phenoxy) is 1. The zero-order valence-electron chi connectivity index (χ0n) is 19.7. The smallest absolute Gasteiger partial charge is 0.349 e. The maximum atomic E-state index is 13.8. The molecular formula is C33H26FeO2+2. The van der Waals surface area contributed by atoms with Crippen molar-refractivity contribution in [3.05, 3.63) is 171 Å². The van der Waals surface area contributed by atoms with Gasteiger partial charge < -0.3 is 4.74 Å². The third-order valence-corrected chi connectivity index (χ3v) is 7.34. The quantitative estimate of drug-likeness (QED) is 0.390. The number of rotatable bonds is 4. The summed E-state index contributed by atoms with van der Waals surface area (Å²) in [4.78, 5) is 13.8. The van der Waals surface area contributed by atoms with Gasteiger partial charge in [0.05, 0.1) is 5.92 Å². The summed E-state index contributed by atoms with van der Waals surface area (Å²) in [5.74, 6) is 0.612. The molecule has 3 fully saturated rings. The van der Waals surface area contributed by atoms with E-state index >= 15 is 0 Å². The fourth-order valence-corrected chi connectivity index (χ4v) is 5.86. The first-order valence-electron chi connectivity index (χ1n) is 12.1. The van der Waals surface area contributed by atoms with Crippen molar-refractivity contribution in [2.45, 2.75) is 17.6 Å². The monoisotopic (exact) mass is 510 g/mol. The maximum absolute atomic E-state index is 13.8. The predicted octanol–water partition coefficient (Wildman–Crippen LogP) is 6.22. The molecule has 3 atom stereocenters. The first-order valence-corrected chi connectivity index (χ1v) is 12.1. The van der Waals surface area contributed by atoms with Gasteiger partial charge in [-0.05, 0) is 86.5 Å². The Bertz CT molecular complexity index is 1160. The summed E-state index contributed by atoms with van der Waals surface area (Å²) < 4.78 is 7.10. The minimum Gasteiger partial charge on any atom is -0.349 e. The van der Waals surface area contributed by atoms with E-state index in [0.29, 0.717) is 6.42 Å². The Kier molecular flexibility index (Phi) is 7.54. The van der Waals surface area contributed by atoms with Crippen LogP contribution in [-0.2, 0) is 37.8 Å². The van der Waals surface area contributed by atoms with Gasteiger partial charge in [-0.3, -0.25) is 4.79 Å². The molecule has 4 aliphatic rings. The number of carbonyl (C=O) groups is 1. The van der Waals surface area contributed by atoms with Gasteiger partial charge in [-0.25, -0.2) is 0 Å². The molecule has 2 bridgehead atoms. The van der Waals surface area contributed by atoms with Crippen molar-refractivity contribution in [1.29, 1.82) is 0 Å². The number of carbonyl (C=O) groups excluding carboxylic acids is 1.